The maximum absolute atomic E-state index is 12.0. The largest absolute Gasteiger partial charge is 0.496 e. The van der Waals surface area contributed by atoms with Gasteiger partial charge in [-0.05, 0) is 52.7 Å². The van der Waals surface area contributed by atoms with Crippen molar-refractivity contribution in [3.05, 3.63) is 79.9 Å². The highest BCUT2D eigenvalue weighted by Crippen LogP contribution is 2.25. The van der Waals surface area contributed by atoms with Gasteiger partial charge in [-0.3, -0.25) is 0 Å². The Hall–Kier alpha value is -3.00. The number of tetrazole rings is 1. The van der Waals surface area contributed by atoms with Gasteiger partial charge in [-0.25, -0.2) is 9.48 Å². The number of benzene rings is 2. The quantitative estimate of drug-likeness (QED) is 0.441. The van der Waals surface area contributed by atoms with E-state index in [9.17, 15) is 4.79 Å². The fourth-order valence-corrected chi connectivity index (χ4v) is 3.57. The summed E-state index contributed by atoms with van der Waals surface area (Å²) in [4.78, 5) is 12.0. The van der Waals surface area contributed by atoms with E-state index < -0.39 is 5.63 Å². The number of aryl methyl sites for hydroxylation is 1. The third-order valence-electron chi connectivity index (χ3n) is 4.50. The van der Waals surface area contributed by atoms with E-state index in [1.807, 2.05) is 43.3 Å². The minimum absolute atomic E-state index is 0.365. The zero-order valence-corrected chi connectivity index (χ0v) is 16.9. The highest BCUT2D eigenvalue weighted by molar-refractivity contribution is 9.10. The van der Waals surface area contributed by atoms with Crippen LogP contribution in [-0.2, 0) is 13.0 Å². The molecule has 0 bridgehead atoms. The Morgan fingerprint density at radius 1 is 1.14 bits per heavy atom. The summed E-state index contributed by atoms with van der Waals surface area (Å²) in [6, 6.07) is 13.1. The zero-order valence-electron chi connectivity index (χ0n) is 15.3. The maximum atomic E-state index is 12.0. The number of rotatable bonds is 5. The van der Waals surface area contributed by atoms with Gasteiger partial charge in [0, 0.05) is 27.9 Å². The van der Waals surface area contributed by atoms with Crippen molar-refractivity contribution in [1.82, 2.24) is 20.2 Å². The predicted molar refractivity (Wildman–Crippen MR) is 108 cm³/mol. The van der Waals surface area contributed by atoms with Crippen molar-refractivity contribution in [3.8, 4) is 5.75 Å². The molecule has 0 aliphatic heterocycles. The summed E-state index contributed by atoms with van der Waals surface area (Å²) >= 11 is 3.48. The minimum Gasteiger partial charge on any atom is -0.496 e. The molecule has 0 unspecified atom stereocenters. The Labute approximate surface area is 169 Å². The monoisotopic (exact) mass is 440 g/mol. The van der Waals surface area contributed by atoms with Gasteiger partial charge < -0.3 is 9.15 Å². The normalized spacial score (nSPS) is 11.1. The fourth-order valence-electron chi connectivity index (χ4n) is 3.16. The lowest BCUT2D eigenvalue weighted by molar-refractivity contribution is 0.410. The molecular formula is C20H17BrN4O3. The van der Waals surface area contributed by atoms with Crippen LogP contribution in [0.2, 0.25) is 0 Å². The summed E-state index contributed by atoms with van der Waals surface area (Å²) in [5.74, 6) is 1.43. The first-order valence-electron chi connectivity index (χ1n) is 8.64. The molecule has 28 heavy (non-hydrogen) atoms. The average Bonchev–Trinajstić information content (AvgIpc) is 3.08. The van der Waals surface area contributed by atoms with E-state index in [2.05, 4.69) is 31.5 Å². The molecule has 4 rings (SSSR count). The molecule has 0 aliphatic rings. The molecule has 7 nitrogen and oxygen atoms in total. The van der Waals surface area contributed by atoms with Crippen LogP contribution < -0.4 is 10.4 Å². The van der Waals surface area contributed by atoms with E-state index in [1.54, 1.807) is 11.8 Å². The van der Waals surface area contributed by atoms with Crippen molar-refractivity contribution in [1.29, 1.82) is 0 Å². The Morgan fingerprint density at radius 3 is 2.82 bits per heavy atom. The predicted octanol–water partition coefficient (Wildman–Crippen LogP) is 3.50. The molecule has 2 aromatic heterocycles. The lowest BCUT2D eigenvalue weighted by Crippen LogP contribution is -2.11. The Morgan fingerprint density at radius 2 is 2.00 bits per heavy atom. The molecule has 0 N–H and O–H groups in total. The first-order valence-corrected chi connectivity index (χ1v) is 9.43. The molecule has 0 saturated heterocycles. The molecule has 0 radical (unpaired) electrons. The van der Waals surface area contributed by atoms with Gasteiger partial charge in [0.1, 0.15) is 11.3 Å². The summed E-state index contributed by atoms with van der Waals surface area (Å²) in [5, 5.41) is 13.0. The third kappa shape index (κ3) is 3.68. The molecular weight excluding hydrogens is 424 g/mol. The van der Waals surface area contributed by atoms with Crippen LogP contribution in [-0.4, -0.2) is 27.3 Å². The van der Waals surface area contributed by atoms with Crippen LogP contribution in [0.1, 0.15) is 22.5 Å². The van der Waals surface area contributed by atoms with Crippen molar-refractivity contribution >= 4 is 26.9 Å². The van der Waals surface area contributed by atoms with E-state index in [-0.39, 0.29) is 0 Å². The van der Waals surface area contributed by atoms with Crippen LogP contribution >= 0.6 is 15.9 Å². The van der Waals surface area contributed by atoms with Gasteiger partial charge in [-0.2, -0.15) is 0 Å². The van der Waals surface area contributed by atoms with Gasteiger partial charge in [0.2, 0.25) is 0 Å². The van der Waals surface area contributed by atoms with Crippen molar-refractivity contribution in [2.24, 2.45) is 0 Å². The van der Waals surface area contributed by atoms with Crippen molar-refractivity contribution in [2.75, 3.05) is 7.11 Å². The number of nitrogens with zero attached hydrogens (tertiary/aromatic N) is 4. The summed E-state index contributed by atoms with van der Waals surface area (Å²) in [6.45, 7) is 2.32. The van der Waals surface area contributed by atoms with Crippen LogP contribution in [0.25, 0.3) is 11.0 Å². The Bertz CT molecular complexity index is 1220. The Kier molecular flexibility index (Phi) is 4.95. The number of hydrogen-bond donors (Lipinski definition) is 0. The topological polar surface area (TPSA) is 83.0 Å². The fraction of sp³-hybridized carbons (Fsp3) is 0.200. The van der Waals surface area contributed by atoms with Crippen LogP contribution in [0.15, 0.2) is 56.1 Å². The number of ether oxygens (including phenoxy) is 1. The lowest BCUT2D eigenvalue weighted by Gasteiger charge is -2.10. The molecule has 2 aromatic carbocycles. The second kappa shape index (κ2) is 7.55. The van der Waals surface area contributed by atoms with Crippen LogP contribution in [0, 0.1) is 6.92 Å². The van der Waals surface area contributed by atoms with Gasteiger partial charge in [0.15, 0.2) is 5.82 Å². The van der Waals surface area contributed by atoms with Gasteiger partial charge in [0.05, 0.1) is 13.7 Å². The van der Waals surface area contributed by atoms with Crippen LogP contribution in [0.4, 0.5) is 0 Å². The molecule has 0 amide bonds. The second-order valence-corrected chi connectivity index (χ2v) is 7.39. The SMILES string of the molecule is COc1ccc(Br)cc1Cc1nnnn1Cc1cc(=O)oc2cc(C)ccc12. The van der Waals surface area contributed by atoms with Crippen molar-refractivity contribution < 1.29 is 9.15 Å². The van der Waals surface area contributed by atoms with E-state index in [0.717, 1.165) is 32.3 Å². The van der Waals surface area contributed by atoms with Crippen LogP contribution in [0.3, 0.4) is 0 Å². The summed E-state index contributed by atoms with van der Waals surface area (Å²) in [6.07, 6.45) is 0.494. The van der Waals surface area contributed by atoms with E-state index in [4.69, 9.17) is 9.15 Å². The zero-order chi connectivity index (χ0) is 19.7. The van der Waals surface area contributed by atoms with Crippen molar-refractivity contribution in [3.63, 3.8) is 0 Å². The highest BCUT2D eigenvalue weighted by atomic mass is 79.9. The summed E-state index contributed by atoms with van der Waals surface area (Å²) in [5.41, 5.74) is 2.96. The van der Waals surface area contributed by atoms with Gasteiger partial charge in [-0.1, -0.05) is 28.1 Å². The molecule has 8 heteroatoms. The van der Waals surface area contributed by atoms with Crippen LogP contribution in [0.5, 0.6) is 5.75 Å². The molecule has 0 fully saturated rings. The highest BCUT2D eigenvalue weighted by Gasteiger charge is 2.14. The standard InChI is InChI=1S/C20H17BrN4O3/c1-12-3-5-16-14(10-20(26)28-18(16)7-12)11-25-19(22-23-24-25)9-13-8-15(21)4-6-17(13)27-2/h3-8,10H,9,11H2,1-2H3. The second-order valence-electron chi connectivity index (χ2n) is 6.48. The van der Waals surface area contributed by atoms with E-state index in [1.165, 1.54) is 6.07 Å². The lowest BCUT2D eigenvalue weighted by atomic mass is 10.1. The molecule has 142 valence electrons. The third-order valence-corrected chi connectivity index (χ3v) is 5.00. The average molecular weight is 441 g/mol. The number of aromatic nitrogens is 4. The van der Waals surface area contributed by atoms with Gasteiger partial charge in [0.25, 0.3) is 0 Å². The van der Waals surface area contributed by atoms with Gasteiger partial charge in [-0.15, -0.1) is 5.10 Å². The summed E-state index contributed by atoms with van der Waals surface area (Å²) in [7, 11) is 1.63. The first-order chi connectivity index (χ1) is 13.5. The number of methoxy groups -OCH3 is 1. The number of fused-ring (bicyclic) bond motifs is 1. The molecule has 4 aromatic rings. The maximum Gasteiger partial charge on any atom is 0.336 e. The first kappa shape index (κ1) is 18.4. The van der Waals surface area contributed by atoms with E-state index in [0.29, 0.717) is 24.4 Å². The van der Waals surface area contributed by atoms with Crippen molar-refractivity contribution in [2.45, 2.75) is 19.9 Å². The Balaban J connectivity index is 1.71. The molecule has 0 atom stereocenters. The minimum atomic E-state index is -0.392. The molecule has 0 aliphatic carbocycles. The summed E-state index contributed by atoms with van der Waals surface area (Å²) < 4.78 is 13.4. The van der Waals surface area contributed by atoms with E-state index >= 15 is 0 Å². The number of hydrogen-bond acceptors (Lipinski definition) is 6. The molecule has 2 heterocycles. The van der Waals surface area contributed by atoms with Gasteiger partial charge >= 0.3 is 5.63 Å². The smallest absolute Gasteiger partial charge is 0.336 e. The number of halogens is 1. The molecule has 0 spiro atoms. The molecule has 0 saturated carbocycles.